The molecule has 0 bridgehead atoms. The minimum absolute atomic E-state index is 0.0850. The minimum atomic E-state index is 0.0850. The molecule has 0 heterocycles. The lowest BCUT2D eigenvalue weighted by molar-refractivity contribution is 0.0983. The van der Waals surface area contributed by atoms with E-state index in [1.807, 2.05) is 24.3 Å². The summed E-state index contributed by atoms with van der Waals surface area (Å²) >= 11 is 0. The first-order chi connectivity index (χ1) is 9.63. The van der Waals surface area contributed by atoms with Crippen LogP contribution in [0, 0.1) is 5.41 Å². The maximum atomic E-state index is 11.8. The largest absolute Gasteiger partial charge is 0.493 e. The Morgan fingerprint density at radius 1 is 1.30 bits per heavy atom. The molecule has 0 radical (unpaired) electrons. The maximum absolute atomic E-state index is 11.8. The zero-order valence-corrected chi connectivity index (χ0v) is 12.4. The van der Waals surface area contributed by atoms with Gasteiger partial charge in [-0.3, -0.25) is 4.79 Å². The highest BCUT2D eigenvalue weighted by atomic mass is 16.5. The molecule has 1 aromatic rings. The van der Waals surface area contributed by atoms with Crippen LogP contribution in [0.15, 0.2) is 24.3 Å². The zero-order valence-electron chi connectivity index (χ0n) is 12.4. The van der Waals surface area contributed by atoms with E-state index in [9.17, 15) is 4.79 Å². The fourth-order valence-electron chi connectivity index (χ4n) is 2.84. The van der Waals surface area contributed by atoms with Gasteiger partial charge in [-0.25, -0.2) is 0 Å². The summed E-state index contributed by atoms with van der Waals surface area (Å²) in [5, 5.41) is 0. The molecule has 0 saturated heterocycles. The molecule has 1 saturated carbocycles. The molecule has 1 aromatic carbocycles. The molecular weight excluding hydrogens is 250 g/mol. The van der Waals surface area contributed by atoms with E-state index in [2.05, 4.69) is 6.92 Å². The highest BCUT2D eigenvalue weighted by Crippen LogP contribution is 2.36. The van der Waals surface area contributed by atoms with E-state index < -0.39 is 0 Å². The third-order valence-corrected chi connectivity index (χ3v) is 4.18. The lowest BCUT2D eigenvalue weighted by Crippen LogP contribution is -2.27. The van der Waals surface area contributed by atoms with Crippen molar-refractivity contribution in [2.45, 2.75) is 45.4 Å². The van der Waals surface area contributed by atoms with Crippen LogP contribution >= 0.6 is 0 Å². The van der Waals surface area contributed by atoms with Gasteiger partial charge in [-0.05, 0) is 31.5 Å². The quantitative estimate of drug-likeness (QED) is 0.807. The summed E-state index contributed by atoms with van der Waals surface area (Å²) in [5.41, 5.74) is 6.41. The van der Waals surface area contributed by atoms with Crippen molar-refractivity contribution in [3.63, 3.8) is 0 Å². The van der Waals surface area contributed by atoms with Crippen molar-refractivity contribution < 1.29 is 9.53 Å². The second kappa shape index (κ2) is 6.89. The fourth-order valence-corrected chi connectivity index (χ4v) is 2.84. The van der Waals surface area contributed by atoms with Crippen molar-refractivity contribution in [1.82, 2.24) is 0 Å². The van der Waals surface area contributed by atoms with Crippen molar-refractivity contribution in [1.29, 1.82) is 0 Å². The van der Waals surface area contributed by atoms with E-state index in [0.717, 1.165) is 12.4 Å². The van der Waals surface area contributed by atoms with E-state index in [0.29, 0.717) is 18.5 Å². The van der Waals surface area contributed by atoms with Gasteiger partial charge in [-0.2, -0.15) is 0 Å². The predicted molar refractivity (Wildman–Crippen MR) is 81.1 cm³/mol. The molecule has 2 N–H and O–H groups in total. The molecule has 3 nitrogen and oxygen atoms in total. The summed E-state index contributed by atoms with van der Waals surface area (Å²) in [6.45, 7) is 3.43. The van der Waals surface area contributed by atoms with Crippen molar-refractivity contribution in [3.05, 3.63) is 29.8 Å². The van der Waals surface area contributed by atoms with Crippen molar-refractivity contribution in [2.24, 2.45) is 11.1 Å². The number of rotatable bonds is 6. The summed E-state index contributed by atoms with van der Waals surface area (Å²) in [4.78, 5) is 11.8. The molecule has 20 heavy (non-hydrogen) atoms. The Kier molecular flexibility index (Phi) is 5.18. The lowest BCUT2D eigenvalue weighted by Gasteiger charge is -2.33. The van der Waals surface area contributed by atoms with Gasteiger partial charge < -0.3 is 10.5 Å². The van der Waals surface area contributed by atoms with E-state index in [-0.39, 0.29) is 11.2 Å². The van der Waals surface area contributed by atoms with Crippen LogP contribution in [0.5, 0.6) is 5.75 Å². The lowest BCUT2D eigenvalue weighted by atomic mass is 9.76. The maximum Gasteiger partial charge on any atom is 0.164 e. The van der Waals surface area contributed by atoms with E-state index in [1.165, 1.54) is 32.1 Å². The van der Waals surface area contributed by atoms with Crippen LogP contribution in [0.2, 0.25) is 0 Å². The molecule has 0 aliphatic heterocycles. The van der Waals surface area contributed by atoms with Gasteiger partial charge in [0.1, 0.15) is 5.75 Å². The average molecular weight is 275 g/mol. The second-order valence-electron chi connectivity index (χ2n) is 6.15. The molecule has 3 heteroatoms. The topological polar surface area (TPSA) is 52.3 Å². The van der Waals surface area contributed by atoms with Crippen molar-refractivity contribution in [3.8, 4) is 5.75 Å². The van der Waals surface area contributed by atoms with Crippen LogP contribution < -0.4 is 10.5 Å². The molecule has 1 aliphatic rings. The predicted octanol–water partition coefficient (Wildman–Crippen LogP) is 3.57. The monoisotopic (exact) mass is 275 g/mol. The SMILES string of the molecule is CC1(COc2cccc(C(=O)CCN)c2)CCCCC1. The minimum Gasteiger partial charge on any atom is -0.493 e. The van der Waals surface area contributed by atoms with Gasteiger partial charge in [0.05, 0.1) is 6.61 Å². The summed E-state index contributed by atoms with van der Waals surface area (Å²) in [6, 6.07) is 7.46. The van der Waals surface area contributed by atoms with Crippen LogP contribution in [-0.4, -0.2) is 18.9 Å². The normalized spacial score (nSPS) is 17.7. The average Bonchev–Trinajstić information content (AvgIpc) is 2.47. The van der Waals surface area contributed by atoms with E-state index >= 15 is 0 Å². The van der Waals surface area contributed by atoms with Crippen molar-refractivity contribution in [2.75, 3.05) is 13.2 Å². The molecule has 1 aliphatic carbocycles. The number of ketones is 1. The number of Topliss-reactive ketones (excluding diaryl/α,β-unsaturated/α-hetero) is 1. The van der Waals surface area contributed by atoms with Crippen LogP contribution in [0.25, 0.3) is 0 Å². The molecule has 0 spiro atoms. The molecule has 110 valence electrons. The van der Waals surface area contributed by atoms with Crippen LogP contribution in [0.3, 0.4) is 0 Å². The van der Waals surface area contributed by atoms with Crippen LogP contribution in [0.1, 0.15) is 55.8 Å². The van der Waals surface area contributed by atoms with Gasteiger partial charge in [0.25, 0.3) is 0 Å². The van der Waals surface area contributed by atoms with Gasteiger partial charge in [-0.15, -0.1) is 0 Å². The third-order valence-electron chi connectivity index (χ3n) is 4.18. The van der Waals surface area contributed by atoms with Gasteiger partial charge in [0, 0.05) is 17.4 Å². The molecule has 0 aromatic heterocycles. The Labute approximate surface area is 121 Å². The van der Waals surface area contributed by atoms with Crippen molar-refractivity contribution >= 4 is 5.78 Å². The molecule has 0 atom stereocenters. The number of carbonyl (C=O) groups excluding carboxylic acids is 1. The molecule has 2 rings (SSSR count). The highest BCUT2D eigenvalue weighted by Gasteiger charge is 2.27. The van der Waals surface area contributed by atoms with E-state index in [4.69, 9.17) is 10.5 Å². The van der Waals surface area contributed by atoms with Crippen LogP contribution in [0.4, 0.5) is 0 Å². The first-order valence-corrected chi connectivity index (χ1v) is 7.59. The van der Waals surface area contributed by atoms with Crippen LogP contribution in [-0.2, 0) is 0 Å². The Morgan fingerprint density at radius 3 is 2.75 bits per heavy atom. The second-order valence-corrected chi connectivity index (χ2v) is 6.15. The fraction of sp³-hybridized carbons (Fsp3) is 0.588. The summed E-state index contributed by atoms with van der Waals surface area (Å²) in [6.07, 6.45) is 6.81. The van der Waals surface area contributed by atoms with Gasteiger partial charge in [-0.1, -0.05) is 38.3 Å². The summed E-state index contributed by atoms with van der Waals surface area (Å²) in [7, 11) is 0. The van der Waals surface area contributed by atoms with Gasteiger partial charge in [0.15, 0.2) is 5.78 Å². The van der Waals surface area contributed by atoms with Gasteiger partial charge in [0.2, 0.25) is 0 Å². The Hall–Kier alpha value is -1.35. The summed E-state index contributed by atoms with van der Waals surface area (Å²) in [5.74, 6) is 0.876. The summed E-state index contributed by atoms with van der Waals surface area (Å²) < 4.78 is 5.93. The third kappa shape index (κ3) is 4.07. The Balaban J connectivity index is 1.95. The molecular formula is C17H25NO2. The smallest absolute Gasteiger partial charge is 0.164 e. The molecule has 0 amide bonds. The number of hydrogen-bond acceptors (Lipinski definition) is 3. The molecule has 0 unspecified atom stereocenters. The standard InChI is InChI=1S/C17H25NO2/c1-17(9-3-2-4-10-17)13-20-15-7-5-6-14(12-15)16(19)8-11-18/h5-7,12H,2-4,8-11,13,18H2,1H3. The molecule has 1 fully saturated rings. The van der Waals surface area contributed by atoms with Gasteiger partial charge >= 0.3 is 0 Å². The highest BCUT2D eigenvalue weighted by molar-refractivity contribution is 5.96. The number of hydrogen-bond donors (Lipinski definition) is 1. The van der Waals surface area contributed by atoms with E-state index in [1.54, 1.807) is 0 Å². The first kappa shape index (κ1) is 15.0. The number of benzene rings is 1. The number of carbonyl (C=O) groups is 1. The first-order valence-electron chi connectivity index (χ1n) is 7.59. The zero-order chi connectivity index (χ0) is 14.4. The Bertz CT molecular complexity index is 450. The Morgan fingerprint density at radius 2 is 2.05 bits per heavy atom. The number of ether oxygens (including phenoxy) is 1. The number of nitrogens with two attached hydrogens (primary N) is 1.